The fourth-order valence-corrected chi connectivity index (χ4v) is 2.77. The van der Waals surface area contributed by atoms with Crippen LogP contribution in [0.4, 0.5) is 5.69 Å². The molecule has 0 saturated heterocycles. The molecule has 1 aromatic carbocycles. The molecule has 0 aliphatic carbocycles. The van der Waals surface area contributed by atoms with Crippen molar-refractivity contribution in [3.05, 3.63) is 58.8 Å². The van der Waals surface area contributed by atoms with Crippen LogP contribution in [0.2, 0.25) is 0 Å². The Bertz CT molecular complexity index is 1010. The molecule has 3 rings (SSSR count). The molecule has 0 bridgehead atoms. The minimum Gasteiger partial charge on any atom is -0.493 e. The summed E-state index contributed by atoms with van der Waals surface area (Å²) in [5.74, 6) is 0.547. The predicted molar refractivity (Wildman–Crippen MR) is 99.2 cm³/mol. The fraction of sp³-hybridized carbons (Fsp3) is 0.211. The topological polar surface area (TPSA) is 82.5 Å². The van der Waals surface area contributed by atoms with Crippen LogP contribution in [0.1, 0.15) is 17.3 Å². The summed E-state index contributed by atoms with van der Waals surface area (Å²) in [4.78, 5) is 29.5. The molecular weight excluding hydrogens is 334 g/mol. The number of aryl methyl sites for hydroxylation is 1. The minimum absolute atomic E-state index is 0.193. The summed E-state index contributed by atoms with van der Waals surface area (Å²) in [6.45, 7) is 2.28. The number of amides is 1. The van der Waals surface area contributed by atoms with Crippen molar-refractivity contribution in [2.75, 3.05) is 19.5 Å². The van der Waals surface area contributed by atoms with Gasteiger partial charge in [0.25, 0.3) is 11.5 Å². The summed E-state index contributed by atoms with van der Waals surface area (Å²) in [6, 6.07) is 6.72. The second-order valence-electron chi connectivity index (χ2n) is 5.58. The Hall–Kier alpha value is -3.35. The number of hydrogen-bond donors (Lipinski definition) is 1. The number of rotatable bonds is 5. The van der Waals surface area contributed by atoms with Gasteiger partial charge in [0.1, 0.15) is 0 Å². The number of anilines is 1. The van der Waals surface area contributed by atoms with Crippen molar-refractivity contribution in [2.45, 2.75) is 13.5 Å². The minimum atomic E-state index is -0.336. The SMILES string of the molecule is CCn1cc(C(=O)Nc2cccnc2)c2cc(OC)c(OC)cc2c1=O. The molecule has 0 atom stereocenters. The molecule has 7 nitrogen and oxygen atoms in total. The van der Waals surface area contributed by atoms with Gasteiger partial charge in [-0.1, -0.05) is 0 Å². The molecule has 7 heteroatoms. The monoisotopic (exact) mass is 353 g/mol. The second-order valence-corrected chi connectivity index (χ2v) is 5.58. The lowest BCUT2D eigenvalue weighted by molar-refractivity contribution is 0.102. The van der Waals surface area contributed by atoms with E-state index in [1.807, 2.05) is 6.92 Å². The second kappa shape index (κ2) is 7.26. The van der Waals surface area contributed by atoms with Gasteiger partial charge in [-0.25, -0.2) is 0 Å². The maximum Gasteiger partial charge on any atom is 0.258 e. The highest BCUT2D eigenvalue weighted by atomic mass is 16.5. The van der Waals surface area contributed by atoms with Gasteiger partial charge < -0.3 is 19.4 Å². The van der Waals surface area contributed by atoms with Gasteiger partial charge in [-0.2, -0.15) is 0 Å². The zero-order valence-electron chi connectivity index (χ0n) is 14.8. The van der Waals surface area contributed by atoms with Gasteiger partial charge in [-0.3, -0.25) is 14.6 Å². The van der Waals surface area contributed by atoms with Gasteiger partial charge in [-0.15, -0.1) is 0 Å². The molecule has 1 N–H and O–H groups in total. The number of fused-ring (bicyclic) bond motifs is 1. The Balaban J connectivity index is 2.21. The summed E-state index contributed by atoms with van der Waals surface area (Å²) in [5, 5.41) is 3.69. The molecule has 1 amide bonds. The number of pyridine rings is 2. The summed E-state index contributed by atoms with van der Waals surface area (Å²) in [6.07, 6.45) is 4.74. The normalized spacial score (nSPS) is 10.6. The highest BCUT2D eigenvalue weighted by molar-refractivity contribution is 6.13. The number of methoxy groups -OCH3 is 2. The van der Waals surface area contributed by atoms with Crippen LogP contribution in [0.5, 0.6) is 11.5 Å². The van der Waals surface area contributed by atoms with E-state index in [9.17, 15) is 9.59 Å². The van der Waals surface area contributed by atoms with E-state index in [1.165, 1.54) is 18.8 Å². The van der Waals surface area contributed by atoms with Crippen LogP contribution in [0.3, 0.4) is 0 Å². The maximum absolute atomic E-state index is 12.8. The number of benzene rings is 1. The third-order valence-electron chi connectivity index (χ3n) is 4.09. The molecule has 0 spiro atoms. The van der Waals surface area contributed by atoms with Crippen LogP contribution in [0, 0.1) is 0 Å². The van der Waals surface area contributed by atoms with Gasteiger partial charge in [0.15, 0.2) is 11.5 Å². The summed E-state index contributed by atoms with van der Waals surface area (Å²) >= 11 is 0. The highest BCUT2D eigenvalue weighted by Crippen LogP contribution is 2.32. The van der Waals surface area contributed by atoms with Crippen molar-refractivity contribution in [3.8, 4) is 11.5 Å². The number of nitrogens with zero attached hydrogens (tertiary/aromatic N) is 2. The molecule has 0 fully saturated rings. The van der Waals surface area contributed by atoms with E-state index < -0.39 is 0 Å². The van der Waals surface area contributed by atoms with Crippen molar-refractivity contribution in [3.63, 3.8) is 0 Å². The van der Waals surface area contributed by atoms with Crippen LogP contribution >= 0.6 is 0 Å². The van der Waals surface area contributed by atoms with Gasteiger partial charge >= 0.3 is 0 Å². The van der Waals surface area contributed by atoms with Gasteiger partial charge in [0.05, 0.1) is 37.1 Å². The summed E-state index contributed by atoms with van der Waals surface area (Å²) in [7, 11) is 3.01. The molecule has 0 aliphatic heterocycles. The molecule has 2 aromatic heterocycles. The van der Waals surface area contributed by atoms with Crippen molar-refractivity contribution in [2.24, 2.45) is 0 Å². The number of ether oxygens (including phenoxy) is 2. The third-order valence-corrected chi connectivity index (χ3v) is 4.09. The third kappa shape index (κ3) is 3.11. The van der Waals surface area contributed by atoms with E-state index in [4.69, 9.17) is 9.47 Å². The largest absolute Gasteiger partial charge is 0.493 e. The van der Waals surface area contributed by atoms with E-state index in [0.29, 0.717) is 40.1 Å². The van der Waals surface area contributed by atoms with Crippen molar-refractivity contribution in [1.29, 1.82) is 0 Å². The van der Waals surface area contributed by atoms with E-state index in [0.717, 1.165) is 0 Å². The molecule has 0 aliphatic rings. The van der Waals surface area contributed by atoms with Crippen molar-refractivity contribution < 1.29 is 14.3 Å². The number of hydrogen-bond acceptors (Lipinski definition) is 5. The predicted octanol–water partition coefficient (Wildman–Crippen LogP) is 2.69. The molecule has 3 aromatic rings. The van der Waals surface area contributed by atoms with Crippen LogP contribution in [0.15, 0.2) is 47.7 Å². The zero-order valence-corrected chi connectivity index (χ0v) is 14.8. The van der Waals surface area contributed by atoms with Crippen LogP contribution in [0.25, 0.3) is 10.8 Å². The molecule has 2 heterocycles. The Morgan fingerprint density at radius 3 is 2.46 bits per heavy atom. The molecule has 26 heavy (non-hydrogen) atoms. The van der Waals surface area contributed by atoms with Crippen LogP contribution in [-0.2, 0) is 6.54 Å². The average Bonchev–Trinajstić information content (AvgIpc) is 2.68. The zero-order chi connectivity index (χ0) is 18.7. The van der Waals surface area contributed by atoms with Crippen LogP contribution < -0.4 is 20.3 Å². The lowest BCUT2D eigenvalue weighted by Gasteiger charge is -2.14. The fourth-order valence-electron chi connectivity index (χ4n) is 2.77. The summed E-state index contributed by atoms with van der Waals surface area (Å²) in [5.41, 5.74) is 0.744. The highest BCUT2D eigenvalue weighted by Gasteiger charge is 2.18. The first-order valence-electron chi connectivity index (χ1n) is 8.09. The molecule has 0 saturated carbocycles. The van der Waals surface area contributed by atoms with E-state index in [1.54, 1.807) is 42.9 Å². The average molecular weight is 353 g/mol. The molecule has 0 radical (unpaired) electrons. The first-order valence-corrected chi connectivity index (χ1v) is 8.09. The number of carbonyl (C=O) groups excluding carboxylic acids is 1. The standard InChI is InChI=1S/C19H19N3O4/c1-4-22-11-15(18(23)21-12-6-5-7-20-10-12)13-8-16(25-2)17(26-3)9-14(13)19(22)24/h5-11H,4H2,1-3H3,(H,21,23). The van der Waals surface area contributed by atoms with Crippen molar-refractivity contribution >= 4 is 22.4 Å². The van der Waals surface area contributed by atoms with E-state index in [2.05, 4.69) is 10.3 Å². The molecule has 134 valence electrons. The number of nitrogens with one attached hydrogen (secondary N) is 1. The van der Waals surface area contributed by atoms with Gasteiger partial charge in [-0.05, 0) is 31.2 Å². The summed E-state index contributed by atoms with van der Waals surface area (Å²) < 4.78 is 12.1. The van der Waals surface area contributed by atoms with Gasteiger partial charge in [0.2, 0.25) is 0 Å². The molecular formula is C19H19N3O4. The smallest absolute Gasteiger partial charge is 0.258 e. The van der Waals surface area contributed by atoms with Gasteiger partial charge in [0, 0.05) is 24.3 Å². The van der Waals surface area contributed by atoms with Crippen molar-refractivity contribution in [1.82, 2.24) is 9.55 Å². The quantitative estimate of drug-likeness (QED) is 0.762. The Labute approximate surface area is 150 Å². The Kier molecular flexibility index (Phi) is 4.88. The lowest BCUT2D eigenvalue weighted by Crippen LogP contribution is -2.23. The van der Waals surface area contributed by atoms with Crippen LogP contribution in [-0.4, -0.2) is 29.7 Å². The first kappa shape index (κ1) is 17.5. The number of carbonyl (C=O) groups is 1. The van der Waals surface area contributed by atoms with E-state index >= 15 is 0 Å². The number of aromatic nitrogens is 2. The van der Waals surface area contributed by atoms with E-state index in [-0.39, 0.29) is 11.5 Å². The maximum atomic E-state index is 12.8. The lowest BCUT2D eigenvalue weighted by atomic mass is 10.1. The Morgan fingerprint density at radius 2 is 1.88 bits per heavy atom. The molecule has 0 unspecified atom stereocenters. The Morgan fingerprint density at radius 1 is 1.19 bits per heavy atom. The first-order chi connectivity index (χ1) is 12.6.